The first-order valence-corrected chi connectivity index (χ1v) is 8.86. The number of thiophene rings is 2. The maximum atomic E-state index is 13.2. The molecular weight excluding hydrogens is 347 g/mol. The second kappa shape index (κ2) is 6.14. The van der Waals surface area contributed by atoms with Crippen molar-refractivity contribution in [2.45, 2.75) is 6.54 Å². The van der Waals surface area contributed by atoms with E-state index in [1.165, 1.54) is 23.5 Å². The van der Waals surface area contributed by atoms with E-state index in [4.69, 9.17) is 0 Å². The number of nitrogens with zero attached hydrogens (tertiary/aromatic N) is 3. The fourth-order valence-electron chi connectivity index (χ4n) is 2.28. The smallest absolute Gasteiger partial charge is 0.261 e. The Balaban J connectivity index is 1.46. The average molecular weight is 358 g/mol. The van der Waals surface area contributed by atoms with Crippen molar-refractivity contribution in [1.29, 1.82) is 0 Å². The lowest BCUT2D eigenvalue weighted by Crippen LogP contribution is -2.21. The lowest BCUT2D eigenvalue weighted by Gasteiger charge is -1.99. The zero-order valence-corrected chi connectivity index (χ0v) is 13.9. The van der Waals surface area contributed by atoms with Crippen molar-refractivity contribution in [2.24, 2.45) is 0 Å². The number of carbonyl (C=O) groups is 1. The molecule has 0 saturated carbocycles. The number of rotatable bonds is 4. The normalized spacial score (nSPS) is 11.0. The van der Waals surface area contributed by atoms with E-state index in [2.05, 4.69) is 15.6 Å². The Labute approximate surface area is 144 Å². The van der Waals surface area contributed by atoms with Crippen molar-refractivity contribution in [3.63, 3.8) is 0 Å². The van der Waals surface area contributed by atoms with E-state index in [-0.39, 0.29) is 18.3 Å². The first-order chi connectivity index (χ1) is 11.7. The molecular formula is C16H11FN4OS2. The molecule has 0 aliphatic rings. The summed E-state index contributed by atoms with van der Waals surface area (Å²) >= 11 is 2.91. The molecule has 120 valence electrons. The molecule has 3 aromatic heterocycles. The number of hydrogen-bond donors (Lipinski definition) is 1. The van der Waals surface area contributed by atoms with Gasteiger partial charge in [0.1, 0.15) is 11.5 Å². The molecule has 1 N–H and O–H groups in total. The number of halogens is 1. The number of benzene rings is 1. The van der Waals surface area contributed by atoms with Crippen molar-refractivity contribution in [3.05, 3.63) is 63.7 Å². The maximum absolute atomic E-state index is 13.2. The van der Waals surface area contributed by atoms with Gasteiger partial charge in [-0.1, -0.05) is 5.21 Å². The highest BCUT2D eigenvalue weighted by Crippen LogP contribution is 2.26. The van der Waals surface area contributed by atoms with Gasteiger partial charge in [0.15, 0.2) is 0 Å². The molecule has 0 radical (unpaired) electrons. The fraction of sp³-hybridized carbons (Fsp3) is 0.0625. The van der Waals surface area contributed by atoms with Crippen LogP contribution in [-0.2, 0) is 6.54 Å². The molecule has 1 aromatic carbocycles. The molecule has 24 heavy (non-hydrogen) atoms. The van der Waals surface area contributed by atoms with E-state index in [9.17, 15) is 9.18 Å². The summed E-state index contributed by atoms with van der Waals surface area (Å²) in [5.41, 5.74) is 1.61. The molecule has 0 unspecified atom stereocenters. The van der Waals surface area contributed by atoms with E-state index < -0.39 is 0 Å². The molecule has 3 heterocycles. The van der Waals surface area contributed by atoms with Gasteiger partial charge < -0.3 is 5.32 Å². The first-order valence-electron chi connectivity index (χ1n) is 7.10. The molecule has 1 amide bonds. The van der Waals surface area contributed by atoms with E-state index in [1.807, 2.05) is 16.8 Å². The zero-order valence-electron chi connectivity index (χ0n) is 12.3. The van der Waals surface area contributed by atoms with Crippen molar-refractivity contribution < 1.29 is 9.18 Å². The molecule has 4 aromatic rings. The van der Waals surface area contributed by atoms with E-state index in [0.29, 0.717) is 10.6 Å². The average Bonchev–Trinajstić information content (AvgIpc) is 3.30. The van der Waals surface area contributed by atoms with E-state index in [1.54, 1.807) is 34.3 Å². The van der Waals surface area contributed by atoms with Crippen LogP contribution in [0.3, 0.4) is 0 Å². The largest absolute Gasteiger partial charge is 0.346 e. The highest BCUT2D eigenvalue weighted by molar-refractivity contribution is 7.20. The van der Waals surface area contributed by atoms with Gasteiger partial charge in [-0.2, -0.15) is 11.3 Å². The van der Waals surface area contributed by atoms with Crippen LogP contribution in [0.5, 0.6) is 0 Å². The second-order valence-electron chi connectivity index (χ2n) is 5.11. The number of hydrogen-bond acceptors (Lipinski definition) is 5. The Bertz CT molecular complexity index is 1010. The molecule has 0 aliphatic heterocycles. The SMILES string of the molecule is O=C(NCc1cn(-c2ccsc2)nn1)c1cc2cc(F)ccc2s1. The van der Waals surface area contributed by atoms with Crippen LogP contribution in [0.4, 0.5) is 4.39 Å². The summed E-state index contributed by atoms with van der Waals surface area (Å²) in [7, 11) is 0. The molecule has 0 aliphatic carbocycles. The lowest BCUT2D eigenvalue weighted by molar-refractivity contribution is 0.0954. The minimum absolute atomic E-state index is 0.207. The number of nitrogens with one attached hydrogen (secondary N) is 1. The molecule has 0 atom stereocenters. The first kappa shape index (κ1) is 15.0. The van der Waals surface area contributed by atoms with Crippen LogP contribution in [0.2, 0.25) is 0 Å². The van der Waals surface area contributed by atoms with Crippen LogP contribution >= 0.6 is 22.7 Å². The van der Waals surface area contributed by atoms with Gasteiger partial charge in [0.2, 0.25) is 0 Å². The van der Waals surface area contributed by atoms with Gasteiger partial charge >= 0.3 is 0 Å². The summed E-state index contributed by atoms with van der Waals surface area (Å²) in [6.45, 7) is 0.283. The van der Waals surface area contributed by atoms with Crippen molar-refractivity contribution >= 4 is 38.7 Å². The molecule has 0 bridgehead atoms. The minimum Gasteiger partial charge on any atom is -0.346 e. The Kier molecular flexibility index (Phi) is 3.83. The summed E-state index contributed by atoms with van der Waals surface area (Å²) in [5.74, 6) is -0.515. The predicted molar refractivity (Wildman–Crippen MR) is 92.2 cm³/mol. The fourth-order valence-corrected chi connectivity index (χ4v) is 3.86. The standard InChI is InChI=1S/C16H11FN4OS2/c17-11-1-2-14-10(5-11)6-15(24-14)16(22)18-7-12-8-21(20-19-12)13-3-4-23-9-13/h1-6,8-9H,7H2,(H,18,22). The van der Waals surface area contributed by atoms with Gasteiger partial charge in [0.05, 0.1) is 23.3 Å². The molecule has 0 fully saturated rings. The Hall–Kier alpha value is -2.58. The van der Waals surface area contributed by atoms with Crippen molar-refractivity contribution in [3.8, 4) is 5.69 Å². The van der Waals surface area contributed by atoms with Gasteiger partial charge in [0.25, 0.3) is 5.91 Å². The molecule has 4 rings (SSSR count). The van der Waals surface area contributed by atoms with Crippen LogP contribution in [0.15, 0.2) is 47.3 Å². The van der Waals surface area contributed by atoms with Gasteiger partial charge in [-0.3, -0.25) is 4.79 Å². The molecule has 0 saturated heterocycles. The number of amides is 1. The van der Waals surface area contributed by atoms with E-state index in [0.717, 1.165) is 15.8 Å². The zero-order chi connectivity index (χ0) is 16.5. The van der Waals surface area contributed by atoms with Gasteiger partial charge in [0, 0.05) is 10.1 Å². The molecule has 8 heteroatoms. The highest BCUT2D eigenvalue weighted by Gasteiger charge is 2.11. The van der Waals surface area contributed by atoms with Gasteiger partial charge in [-0.05, 0) is 41.1 Å². The van der Waals surface area contributed by atoms with Crippen molar-refractivity contribution in [1.82, 2.24) is 20.3 Å². The third-order valence-corrected chi connectivity index (χ3v) is 5.23. The summed E-state index contributed by atoms with van der Waals surface area (Å²) in [6, 6.07) is 8.13. The van der Waals surface area contributed by atoms with E-state index >= 15 is 0 Å². The van der Waals surface area contributed by atoms with Gasteiger partial charge in [-0.15, -0.1) is 16.4 Å². The topological polar surface area (TPSA) is 59.8 Å². The number of fused-ring (bicyclic) bond motifs is 1. The minimum atomic E-state index is -0.308. The summed E-state index contributed by atoms with van der Waals surface area (Å²) in [4.78, 5) is 12.8. The third kappa shape index (κ3) is 2.93. The molecule has 0 spiro atoms. The third-order valence-electron chi connectivity index (χ3n) is 3.44. The molecule has 5 nitrogen and oxygen atoms in total. The maximum Gasteiger partial charge on any atom is 0.261 e. The predicted octanol–water partition coefficient (Wildman–Crippen LogP) is 3.61. The van der Waals surface area contributed by atoms with Crippen LogP contribution in [0.1, 0.15) is 15.4 Å². The van der Waals surface area contributed by atoms with Crippen LogP contribution in [-0.4, -0.2) is 20.9 Å². The monoisotopic (exact) mass is 358 g/mol. The summed E-state index contributed by atoms with van der Waals surface area (Å²) < 4.78 is 15.8. The second-order valence-corrected chi connectivity index (χ2v) is 6.98. The van der Waals surface area contributed by atoms with Gasteiger partial charge in [-0.25, -0.2) is 9.07 Å². The van der Waals surface area contributed by atoms with Crippen molar-refractivity contribution in [2.75, 3.05) is 0 Å². The highest BCUT2D eigenvalue weighted by atomic mass is 32.1. The van der Waals surface area contributed by atoms with Crippen LogP contribution < -0.4 is 5.32 Å². The Morgan fingerprint density at radius 1 is 1.29 bits per heavy atom. The summed E-state index contributed by atoms with van der Waals surface area (Å²) in [5, 5.41) is 15.6. The lowest BCUT2D eigenvalue weighted by atomic mass is 10.2. The Morgan fingerprint density at radius 3 is 3.04 bits per heavy atom. The summed E-state index contributed by atoms with van der Waals surface area (Å²) in [6.07, 6.45) is 1.78. The Morgan fingerprint density at radius 2 is 2.21 bits per heavy atom. The van der Waals surface area contributed by atoms with Crippen LogP contribution in [0.25, 0.3) is 15.8 Å². The number of carbonyl (C=O) groups excluding carboxylic acids is 1. The van der Waals surface area contributed by atoms with Crippen LogP contribution in [0, 0.1) is 5.82 Å². The number of aromatic nitrogens is 3. The quantitative estimate of drug-likeness (QED) is 0.606.